The molecule has 1 aliphatic carbocycles. The van der Waals surface area contributed by atoms with Gasteiger partial charge in [-0.2, -0.15) is 0 Å². The maximum absolute atomic E-state index is 12.3. The van der Waals surface area contributed by atoms with Crippen LogP contribution >= 0.6 is 34.8 Å². The maximum atomic E-state index is 12.3. The molecule has 1 heterocycles. The van der Waals surface area contributed by atoms with Crippen molar-refractivity contribution in [1.82, 2.24) is 0 Å². The lowest BCUT2D eigenvalue weighted by molar-refractivity contribution is -0.170. The number of esters is 2. The Balaban J connectivity index is 2.24. The number of cyclic esters (lactones) is 1. The summed E-state index contributed by atoms with van der Waals surface area (Å²) in [6, 6.07) is 0. The lowest BCUT2D eigenvalue weighted by Gasteiger charge is -2.35. The van der Waals surface area contributed by atoms with Crippen LogP contribution in [0.3, 0.4) is 0 Å². The van der Waals surface area contributed by atoms with Crippen LogP contribution in [0.15, 0.2) is 0 Å². The van der Waals surface area contributed by atoms with Crippen molar-refractivity contribution in [2.45, 2.75) is 62.3 Å². The second-order valence-corrected chi connectivity index (χ2v) is 9.14. The number of halogens is 3. The molecule has 7 heteroatoms. The molecule has 0 bridgehead atoms. The van der Waals surface area contributed by atoms with Gasteiger partial charge in [-0.05, 0) is 43.4 Å². The summed E-state index contributed by atoms with van der Waals surface area (Å²) in [6.07, 6.45) is 4.89. The van der Waals surface area contributed by atoms with Gasteiger partial charge in [-0.3, -0.25) is 4.79 Å². The molecule has 5 atom stereocenters. The van der Waals surface area contributed by atoms with Gasteiger partial charge in [0, 0.05) is 0 Å². The van der Waals surface area contributed by atoms with Crippen molar-refractivity contribution in [2.75, 3.05) is 6.61 Å². The van der Waals surface area contributed by atoms with Crippen LogP contribution < -0.4 is 0 Å². The summed E-state index contributed by atoms with van der Waals surface area (Å²) < 4.78 is 8.65. The molecule has 2 rings (SSSR count). The first-order valence-corrected chi connectivity index (χ1v) is 9.85. The Morgan fingerprint density at radius 3 is 2.54 bits per heavy atom. The Bertz CT molecular complexity index is 463. The van der Waals surface area contributed by atoms with Crippen molar-refractivity contribution < 1.29 is 19.1 Å². The summed E-state index contributed by atoms with van der Waals surface area (Å²) in [6.45, 7) is 4.71. The predicted molar refractivity (Wildman–Crippen MR) is 94.1 cm³/mol. The van der Waals surface area contributed by atoms with Gasteiger partial charge in [-0.1, -0.05) is 61.5 Å². The molecule has 0 aromatic carbocycles. The van der Waals surface area contributed by atoms with Crippen molar-refractivity contribution >= 4 is 46.7 Å². The first kappa shape index (κ1) is 20.1. The van der Waals surface area contributed by atoms with Gasteiger partial charge in [0.15, 0.2) is 0 Å². The molecular weight excluding hydrogens is 375 g/mol. The zero-order valence-electron chi connectivity index (χ0n) is 14.1. The number of ether oxygens (including phenoxy) is 2. The maximum Gasteiger partial charge on any atom is 0.358 e. The van der Waals surface area contributed by atoms with Gasteiger partial charge in [0.1, 0.15) is 6.10 Å². The molecule has 24 heavy (non-hydrogen) atoms. The summed E-state index contributed by atoms with van der Waals surface area (Å²) in [7, 11) is 0. The van der Waals surface area contributed by atoms with E-state index in [0.717, 1.165) is 32.1 Å². The van der Waals surface area contributed by atoms with E-state index in [1.807, 2.05) is 0 Å². The SMILES string of the molecule is CCC1CC(CC)C(C(OC(=O)C(Cl)(Cl)Cl)C2CCCOC2=O)C1. The summed E-state index contributed by atoms with van der Waals surface area (Å²) in [5, 5.41) is 0. The molecule has 1 saturated heterocycles. The van der Waals surface area contributed by atoms with E-state index >= 15 is 0 Å². The predicted octanol–water partition coefficient (Wildman–Crippen LogP) is 4.68. The van der Waals surface area contributed by atoms with Gasteiger partial charge in [-0.25, -0.2) is 4.79 Å². The van der Waals surface area contributed by atoms with Gasteiger partial charge in [-0.15, -0.1) is 0 Å². The zero-order valence-corrected chi connectivity index (χ0v) is 16.4. The number of carbonyl (C=O) groups is 2. The summed E-state index contributed by atoms with van der Waals surface area (Å²) >= 11 is 17.0. The van der Waals surface area contributed by atoms with Gasteiger partial charge in [0.2, 0.25) is 0 Å². The Kier molecular flexibility index (Phi) is 7.10. The molecule has 0 aromatic rings. The Morgan fingerprint density at radius 2 is 2.00 bits per heavy atom. The summed E-state index contributed by atoms with van der Waals surface area (Å²) in [4.78, 5) is 24.4. The molecule has 0 radical (unpaired) electrons. The summed E-state index contributed by atoms with van der Waals surface area (Å²) in [5.74, 6) is -0.605. The topological polar surface area (TPSA) is 52.6 Å². The van der Waals surface area contributed by atoms with Crippen LogP contribution in [0.25, 0.3) is 0 Å². The third-order valence-electron chi connectivity index (χ3n) is 5.45. The average Bonchev–Trinajstić information content (AvgIpc) is 2.95. The van der Waals surface area contributed by atoms with E-state index in [2.05, 4.69) is 13.8 Å². The smallest absolute Gasteiger partial charge is 0.358 e. The highest BCUT2D eigenvalue weighted by atomic mass is 35.6. The molecule has 2 aliphatic rings. The van der Waals surface area contributed by atoms with E-state index in [1.54, 1.807) is 0 Å². The Morgan fingerprint density at radius 1 is 1.29 bits per heavy atom. The van der Waals surface area contributed by atoms with Crippen LogP contribution in [0, 0.1) is 23.7 Å². The van der Waals surface area contributed by atoms with Crippen LogP contribution in [-0.4, -0.2) is 28.4 Å². The normalized spacial score (nSPS) is 32.3. The van der Waals surface area contributed by atoms with Crippen LogP contribution in [0.5, 0.6) is 0 Å². The standard InChI is InChI=1S/C17H25Cl3O4/c1-3-10-8-11(4-2)13(9-10)14(24-16(22)17(18,19)20)12-6-5-7-23-15(12)21/h10-14H,3-9H2,1-2H3. The number of carbonyl (C=O) groups excluding carboxylic acids is 2. The van der Waals surface area contributed by atoms with E-state index in [1.165, 1.54) is 0 Å². The molecule has 138 valence electrons. The zero-order chi connectivity index (χ0) is 17.9. The number of hydrogen-bond acceptors (Lipinski definition) is 4. The van der Waals surface area contributed by atoms with Crippen molar-refractivity contribution in [3.63, 3.8) is 0 Å². The highest BCUT2D eigenvalue weighted by molar-refractivity contribution is 6.75. The van der Waals surface area contributed by atoms with Crippen molar-refractivity contribution in [2.24, 2.45) is 23.7 Å². The largest absolute Gasteiger partial charge is 0.465 e. The fraction of sp³-hybridized carbons (Fsp3) is 0.882. The fourth-order valence-corrected chi connectivity index (χ4v) is 4.27. The molecule has 2 fully saturated rings. The summed E-state index contributed by atoms with van der Waals surface area (Å²) in [5.41, 5.74) is 0. The lowest BCUT2D eigenvalue weighted by Crippen LogP contribution is -2.44. The monoisotopic (exact) mass is 398 g/mol. The van der Waals surface area contributed by atoms with E-state index in [9.17, 15) is 9.59 Å². The van der Waals surface area contributed by atoms with E-state index in [-0.39, 0.29) is 11.9 Å². The number of hydrogen-bond donors (Lipinski definition) is 0. The first-order chi connectivity index (χ1) is 11.3. The van der Waals surface area contributed by atoms with Crippen LogP contribution in [0.2, 0.25) is 0 Å². The molecule has 1 saturated carbocycles. The highest BCUT2D eigenvalue weighted by Gasteiger charge is 2.47. The number of rotatable bonds is 5. The molecular formula is C17H25Cl3O4. The lowest BCUT2D eigenvalue weighted by atomic mass is 9.80. The Hall–Kier alpha value is -0.190. The average molecular weight is 400 g/mol. The first-order valence-electron chi connectivity index (χ1n) is 8.72. The second-order valence-electron chi connectivity index (χ2n) is 6.86. The van der Waals surface area contributed by atoms with Crippen molar-refractivity contribution in [3.8, 4) is 0 Å². The third-order valence-corrected chi connectivity index (χ3v) is 5.91. The van der Waals surface area contributed by atoms with E-state index in [0.29, 0.717) is 24.9 Å². The molecule has 0 aromatic heterocycles. The highest BCUT2D eigenvalue weighted by Crippen LogP contribution is 2.46. The molecule has 4 nitrogen and oxygen atoms in total. The van der Waals surface area contributed by atoms with Crippen LogP contribution in [0.1, 0.15) is 52.4 Å². The van der Waals surface area contributed by atoms with Gasteiger partial charge in [0.25, 0.3) is 3.79 Å². The van der Waals surface area contributed by atoms with Gasteiger partial charge >= 0.3 is 11.9 Å². The number of alkyl halides is 3. The Labute approximate surface area is 158 Å². The van der Waals surface area contributed by atoms with E-state index in [4.69, 9.17) is 44.3 Å². The van der Waals surface area contributed by atoms with Gasteiger partial charge in [0.05, 0.1) is 12.5 Å². The van der Waals surface area contributed by atoms with Crippen LogP contribution in [0.4, 0.5) is 0 Å². The van der Waals surface area contributed by atoms with Crippen LogP contribution in [-0.2, 0) is 19.1 Å². The minimum absolute atomic E-state index is 0.104. The van der Waals surface area contributed by atoms with Crippen molar-refractivity contribution in [3.05, 3.63) is 0 Å². The molecule has 5 unspecified atom stereocenters. The minimum Gasteiger partial charge on any atom is -0.465 e. The third kappa shape index (κ3) is 4.70. The van der Waals surface area contributed by atoms with Gasteiger partial charge < -0.3 is 9.47 Å². The van der Waals surface area contributed by atoms with E-state index < -0.39 is 21.8 Å². The minimum atomic E-state index is -2.14. The fourth-order valence-electron chi connectivity index (χ4n) is 4.14. The second kappa shape index (κ2) is 8.46. The van der Waals surface area contributed by atoms with Crippen molar-refractivity contribution in [1.29, 1.82) is 0 Å². The molecule has 0 amide bonds. The molecule has 1 aliphatic heterocycles. The quantitative estimate of drug-likeness (QED) is 0.497. The molecule has 0 spiro atoms. The molecule has 0 N–H and O–H groups in total.